The maximum absolute atomic E-state index is 15.6. The molecule has 5 rings (SSSR count). The first-order valence-electron chi connectivity index (χ1n) is 11.0. The molecule has 1 fully saturated rings. The molecule has 2 aliphatic rings. The van der Waals surface area contributed by atoms with E-state index >= 15 is 4.39 Å². The van der Waals surface area contributed by atoms with Crippen molar-refractivity contribution in [1.82, 2.24) is 4.31 Å². The van der Waals surface area contributed by atoms with Crippen molar-refractivity contribution in [2.45, 2.75) is 12.5 Å². The zero-order valence-corrected chi connectivity index (χ0v) is 21.7. The van der Waals surface area contributed by atoms with E-state index in [1.807, 2.05) is 35.2 Å². The summed E-state index contributed by atoms with van der Waals surface area (Å²) in [6, 6.07) is 13.1. The molecule has 2 aliphatic heterocycles. The van der Waals surface area contributed by atoms with Crippen molar-refractivity contribution in [1.29, 1.82) is 0 Å². The van der Waals surface area contributed by atoms with Gasteiger partial charge >= 0.3 is 0 Å². The Morgan fingerprint density at radius 3 is 2.34 bits per heavy atom. The van der Waals surface area contributed by atoms with Gasteiger partial charge in [0.05, 0.1) is 22.1 Å². The first-order chi connectivity index (χ1) is 16.4. The number of thiophene rings is 1. The van der Waals surface area contributed by atoms with Crippen molar-refractivity contribution in [3.63, 3.8) is 0 Å². The molecule has 3 aromatic rings. The highest BCUT2D eigenvalue weighted by Gasteiger charge is 2.43. The molecular formula is C23H25FN4O4S3. The molecule has 0 unspecified atom stereocenters. The van der Waals surface area contributed by atoms with Gasteiger partial charge in [-0.2, -0.15) is 0 Å². The molecule has 8 nitrogen and oxygen atoms in total. The van der Waals surface area contributed by atoms with Gasteiger partial charge in [0.2, 0.25) is 16.0 Å². The summed E-state index contributed by atoms with van der Waals surface area (Å²) >= 11 is 1.19. The van der Waals surface area contributed by atoms with Gasteiger partial charge in [0.15, 0.2) is 9.84 Å². The molecule has 186 valence electrons. The average molecular weight is 537 g/mol. The Labute approximate surface area is 207 Å². The van der Waals surface area contributed by atoms with Crippen LogP contribution in [0.15, 0.2) is 47.5 Å². The van der Waals surface area contributed by atoms with Crippen molar-refractivity contribution in [2.75, 3.05) is 42.3 Å². The fraction of sp³-hybridized carbons (Fsp3) is 0.348. The number of anilines is 1. The Morgan fingerprint density at radius 1 is 1.06 bits per heavy atom. The van der Waals surface area contributed by atoms with Gasteiger partial charge in [-0.15, -0.1) is 11.3 Å². The van der Waals surface area contributed by atoms with E-state index < -0.39 is 31.2 Å². The number of rotatable bonds is 3. The zero-order valence-electron chi connectivity index (χ0n) is 19.2. The van der Waals surface area contributed by atoms with Crippen LogP contribution < -0.4 is 10.6 Å². The molecule has 12 heteroatoms. The summed E-state index contributed by atoms with van der Waals surface area (Å²) in [5, 5.41) is 0.402. The number of guanidine groups is 1. The van der Waals surface area contributed by atoms with Crippen molar-refractivity contribution in [3.05, 3.63) is 53.2 Å². The number of sulfone groups is 1. The molecule has 1 aromatic heterocycles. The molecule has 2 N–H and O–H groups in total. The summed E-state index contributed by atoms with van der Waals surface area (Å²) in [4.78, 5) is 6.62. The summed E-state index contributed by atoms with van der Waals surface area (Å²) in [6.07, 6.45) is 0. The van der Waals surface area contributed by atoms with Gasteiger partial charge in [0.1, 0.15) is 11.4 Å². The van der Waals surface area contributed by atoms with Crippen LogP contribution in [0.25, 0.3) is 21.2 Å². The van der Waals surface area contributed by atoms with Crippen LogP contribution in [-0.4, -0.2) is 64.5 Å². The third-order valence-corrected chi connectivity index (χ3v) is 11.6. The molecule has 2 aromatic carbocycles. The van der Waals surface area contributed by atoms with E-state index in [9.17, 15) is 16.8 Å². The highest BCUT2D eigenvalue weighted by molar-refractivity contribution is 7.91. The molecular weight excluding hydrogens is 511 g/mol. The molecule has 0 aliphatic carbocycles. The van der Waals surface area contributed by atoms with E-state index in [2.05, 4.69) is 4.99 Å². The van der Waals surface area contributed by atoms with Gasteiger partial charge in [-0.3, -0.25) is 0 Å². The maximum Gasteiger partial charge on any atom is 0.239 e. The lowest BCUT2D eigenvalue weighted by molar-refractivity contribution is 0.467. The highest BCUT2D eigenvalue weighted by Crippen LogP contribution is 2.44. The highest BCUT2D eigenvalue weighted by atomic mass is 32.2. The second kappa shape index (κ2) is 8.17. The van der Waals surface area contributed by atoms with Crippen molar-refractivity contribution < 1.29 is 21.2 Å². The predicted molar refractivity (Wildman–Crippen MR) is 139 cm³/mol. The van der Waals surface area contributed by atoms with Gasteiger partial charge in [-0.25, -0.2) is 30.5 Å². The molecule has 0 radical (unpaired) electrons. The first-order valence-corrected chi connectivity index (χ1v) is 15.2. The summed E-state index contributed by atoms with van der Waals surface area (Å²) in [5.41, 5.74) is 7.16. The van der Waals surface area contributed by atoms with E-state index in [0.29, 0.717) is 23.2 Å². The number of hydrogen-bond donors (Lipinski definition) is 1. The number of benzene rings is 2. The molecule has 35 heavy (non-hydrogen) atoms. The Hall–Kier alpha value is -2.70. The van der Waals surface area contributed by atoms with E-state index in [4.69, 9.17) is 5.73 Å². The van der Waals surface area contributed by atoms with E-state index in [1.165, 1.54) is 18.4 Å². The van der Waals surface area contributed by atoms with Gasteiger partial charge in [0.25, 0.3) is 0 Å². The number of aliphatic imine (C=N–C) groups is 1. The van der Waals surface area contributed by atoms with Crippen molar-refractivity contribution in [3.8, 4) is 11.1 Å². The molecule has 1 saturated heterocycles. The number of nitrogens with zero attached hydrogens (tertiary/aromatic N) is 3. The smallest absolute Gasteiger partial charge is 0.239 e. The molecule has 3 heterocycles. The number of sulfonamides is 1. The van der Waals surface area contributed by atoms with Crippen molar-refractivity contribution >= 4 is 52.9 Å². The topological polar surface area (TPSA) is 113 Å². The lowest BCUT2D eigenvalue weighted by atomic mass is 10.0. The van der Waals surface area contributed by atoms with E-state index in [1.54, 1.807) is 19.1 Å². The van der Waals surface area contributed by atoms with Crippen LogP contribution in [0, 0.1) is 5.82 Å². The van der Waals surface area contributed by atoms with Crippen LogP contribution in [-0.2, 0) is 25.4 Å². The number of fused-ring (bicyclic) bond motifs is 1. The summed E-state index contributed by atoms with van der Waals surface area (Å²) in [7, 11) is -5.36. The SMILES string of the molecule is CN1C(N)=N[C@](C)(c2sc3c(-c4ccc(N5CCS(=O)(=O)CC5)cc4)cccc3c2F)CS1(=O)=O. The van der Waals surface area contributed by atoms with Gasteiger partial charge < -0.3 is 10.6 Å². The summed E-state index contributed by atoms with van der Waals surface area (Å²) < 4.78 is 65.9. The van der Waals surface area contributed by atoms with Crippen LogP contribution in [0.1, 0.15) is 11.8 Å². The van der Waals surface area contributed by atoms with Crippen LogP contribution in [0.2, 0.25) is 0 Å². The maximum atomic E-state index is 15.6. The first kappa shape index (κ1) is 24.0. The van der Waals surface area contributed by atoms with Gasteiger partial charge in [-0.05, 0) is 30.2 Å². The monoisotopic (exact) mass is 536 g/mol. The van der Waals surface area contributed by atoms with Crippen molar-refractivity contribution in [2.24, 2.45) is 10.7 Å². The zero-order chi connectivity index (χ0) is 25.2. The minimum atomic E-state index is -3.73. The fourth-order valence-corrected chi connectivity index (χ4v) is 8.59. The lowest BCUT2D eigenvalue weighted by Crippen LogP contribution is -2.50. The Morgan fingerprint density at radius 2 is 1.71 bits per heavy atom. The number of halogens is 1. The Bertz CT molecular complexity index is 1550. The quantitative estimate of drug-likeness (QED) is 0.551. The normalized spacial score (nSPS) is 23.9. The lowest BCUT2D eigenvalue weighted by Gasteiger charge is -2.33. The molecule has 1 atom stereocenters. The standard InChI is InChI=1S/C23H25FN4O4S3/c1-23(14-35(31,32)27(2)22(25)26-23)21-19(24)18-5-3-4-17(20(18)33-21)15-6-8-16(9-7-15)28-10-12-34(29,30)13-11-28/h3-9H,10-14H2,1-2H3,(H2,25,26)/t23-/m0/s1. The number of nitrogens with two attached hydrogens (primary N) is 1. The fourth-order valence-electron chi connectivity index (χ4n) is 4.55. The van der Waals surface area contributed by atoms with E-state index in [-0.39, 0.29) is 28.1 Å². The summed E-state index contributed by atoms with van der Waals surface area (Å²) in [5.74, 6) is -0.754. The minimum absolute atomic E-state index is 0.141. The van der Waals surface area contributed by atoms with Gasteiger partial charge in [-0.1, -0.05) is 30.3 Å². The Kier molecular flexibility index (Phi) is 5.61. The molecule has 0 amide bonds. The predicted octanol–water partition coefficient (Wildman–Crippen LogP) is 2.75. The molecule has 0 spiro atoms. The van der Waals surface area contributed by atoms with E-state index in [0.717, 1.165) is 21.1 Å². The van der Waals surface area contributed by atoms with Crippen LogP contribution >= 0.6 is 11.3 Å². The third kappa shape index (κ3) is 4.17. The second-order valence-electron chi connectivity index (χ2n) is 9.08. The Balaban J connectivity index is 1.53. The molecule has 0 bridgehead atoms. The van der Waals surface area contributed by atoms with Crippen LogP contribution in [0.3, 0.4) is 0 Å². The van der Waals surface area contributed by atoms with Crippen LogP contribution in [0.4, 0.5) is 10.1 Å². The summed E-state index contributed by atoms with van der Waals surface area (Å²) in [6.45, 7) is 2.50. The average Bonchev–Trinajstić information content (AvgIpc) is 3.15. The third-order valence-electron chi connectivity index (χ3n) is 6.60. The van der Waals surface area contributed by atoms with Gasteiger partial charge in [0, 0.05) is 35.9 Å². The number of hydrogen-bond acceptors (Lipinski definition) is 8. The minimum Gasteiger partial charge on any atom is -0.369 e. The largest absolute Gasteiger partial charge is 0.369 e. The molecule has 0 saturated carbocycles. The van der Waals surface area contributed by atoms with Crippen LogP contribution in [0.5, 0.6) is 0 Å². The second-order valence-corrected chi connectivity index (χ2v) is 14.4.